The van der Waals surface area contributed by atoms with Gasteiger partial charge < -0.3 is 0 Å². The van der Waals surface area contributed by atoms with Gasteiger partial charge in [-0.3, -0.25) is 0 Å². The van der Waals surface area contributed by atoms with Gasteiger partial charge in [0, 0.05) is 36.8 Å². The van der Waals surface area contributed by atoms with E-state index in [9.17, 15) is 17.2 Å². The number of aromatic nitrogens is 2. The quantitative estimate of drug-likeness (QED) is 0.693. The van der Waals surface area contributed by atoms with E-state index in [1.165, 1.54) is 0 Å². The largest absolute Gasteiger partial charge is 0.246 e. The molecule has 5 nitrogen and oxygen atoms in total. The molecule has 138 valence electrons. The smallest absolute Gasteiger partial charge is 0.236 e. The highest BCUT2D eigenvalue weighted by Crippen LogP contribution is 2.27. The van der Waals surface area contributed by atoms with E-state index in [4.69, 9.17) is 0 Å². The van der Waals surface area contributed by atoms with Crippen molar-refractivity contribution >= 4 is 10.0 Å². The van der Waals surface area contributed by atoms with Crippen LogP contribution in [0.25, 0.3) is 11.4 Å². The van der Waals surface area contributed by atoms with E-state index in [1.54, 1.807) is 6.20 Å². The number of nitrogens with zero attached hydrogens (tertiary/aromatic N) is 3. The molecule has 0 N–H and O–H groups in total. The van der Waals surface area contributed by atoms with Gasteiger partial charge in [0.15, 0.2) is 5.82 Å². The molecule has 0 atom stereocenters. The zero-order valence-corrected chi connectivity index (χ0v) is 15.0. The Morgan fingerprint density at radius 2 is 1.81 bits per heavy atom. The van der Waals surface area contributed by atoms with Crippen LogP contribution in [-0.4, -0.2) is 29.2 Å². The lowest BCUT2D eigenvalue weighted by molar-refractivity contribution is 0.383. The molecule has 0 unspecified atom stereocenters. The maximum absolute atomic E-state index is 14.0. The van der Waals surface area contributed by atoms with Crippen LogP contribution >= 0.6 is 0 Å². The SMILES string of the molecule is O=S(=O)(c1cc(F)ccc1F)N1CCc2nc(-c3ccccc3)ncc2C1. The summed E-state index contributed by atoms with van der Waals surface area (Å²) in [7, 11) is -4.16. The molecule has 27 heavy (non-hydrogen) atoms. The van der Waals surface area contributed by atoms with Crippen molar-refractivity contribution in [3.63, 3.8) is 0 Å². The summed E-state index contributed by atoms with van der Waals surface area (Å²) in [5.41, 5.74) is 2.29. The lowest BCUT2D eigenvalue weighted by Gasteiger charge is -2.27. The third-order valence-corrected chi connectivity index (χ3v) is 6.30. The first-order valence-electron chi connectivity index (χ1n) is 8.30. The molecule has 0 spiro atoms. The fourth-order valence-electron chi connectivity index (χ4n) is 3.04. The van der Waals surface area contributed by atoms with Crippen LogP contribution in [-0.2, 0) is 23.0 Å². The van der Waals surface area contributed by atoms with E-state index in [0.29, 0.717) is 23.9 Å². The summed E-state index contributed by atoms with van der Waals surface area (Å²) >= 11 is 0. The van der Waals surface area contributed by atoms with Crippen molar-refractivity contribution in [2.24, 2.45) is 0 Å². The molecule has 0 saturated heterocycles. The normalized spacial score (nSPS) is 14.7. The second-order valence-corrected chi connectivity index (χ2v) is 8.10. The third-order valence-electron chi connectivity index (χ3n) is 4.44. The van der Waals surface area contributed by atoms with Gasteiger partial charge in [-0.2, -0.15) is 4.31 Å². The highest BCUT2D eigenvalue weighted by atomic mass is 32.2. The van der Waals surface area contributed by atoms with E-state index < -0.39 is 26.6 Å². The van der Waals surface area contributed by atoms with Crippen molar-refractivity contribution in [2.75, 3.05) is 6.54 Å². The van der Waals surface area contributed by atoms with Gasteiger partial charge in [0.05, 0.1) is 5.69 Å². The van der Waals surface area contributed by atoms with Crippen LogP contribution in [0.5, 0.6) is 0 Å². The zero-order chi connectivity index (χ0) is 19.0. The van der Waals surface area contributed by atoms with Crippen molar-refractivity contribution in [1.29, 1.82) is 0 Å². The van der Waals surface area contributed by atoms with Crippen molar-refractivity contribution < 1.29 is 17.2 Å². The Morgan fingerprint density at radius 3 is 2.59 bits per heavy atom. The summed E-state index contributed by atoms with van der Waals surface area (Å²) < 4.78 is 54.0. The number of sulfonamides is 1. The fraction of sp³-hybridized carbons (Fsp3) is 0.158. The summed E-state index contributed by atoms with van der Waals surface area (Å²) in [5, 5.41) is 0. The van der Waals surface area contributed by atoms with E-state index >= 15 is 0 Å². The maximum Gasteiger partial charge on any atom is 0.246 e. The molecule has 0 aliphatic carbocycles. The average Bonchev–Trinajstić information content (AvgIpc) is 2.69. The minimum absolute atomic E-state index is 0.0166. The van der Waals surface area contributed by atoms with Crippen LogP contribution < -0.4 is 0 Å². The number of hydrogen-bond acceptors (Lipinski definition) is 4. The molecule has 0 saturated carbocycles. The second kappa shape index (κ2) is 6.79. The van der Waals surface area contributed by atoms with E-state index in [1.807, 2.05) is 30.3 Å². The van der Waals surface area contributed by atoms with Gasteiger partial charge in [-0.1, -0.05) is 30.3 Å². The van der Waals surface area contributed by atoms with Crippen molar-refractivity contribution in [1.82, 2.24) is 14.3 Å². The van der Waals surface area contributed by atoms with Crippen LogP contribution in [0, 0.1) is 11.6 Å². The van der Waals surface area contributed by atoms with Gasteiger partial charge in [-0.15, -0.1) is 0 Å². The first-order valence-corrected chi connectivity index (χ1v) is 9.74. The summed E-state index contributed by atoms with van der Waals surface area (Å²) in [6.07, 6.45) is 1.96. The number of hydrogen-bond donors (Lipinski definition) is 0. The first-order chi connectivity index (χ1) is 12.9. The predicted molar refractivity (Wildman–Crippen MR) is 95.1 cm³/mol. The zero-order valence-electron chi connectivity index (χ0n) is 14.1. The van der Waals surface area contributed by atoms with E-state index in [-0.39, 0.29) is 13.1 Å². The van der Waals surface area contributed by atoms with Crippen LogP contribution in [0.15, 0.2) is 59.6 Å². The predicted octanol–water partition coefficient (Wildman–Crippen LogP) is 3.17. The summed E-state index contributed by atoms with van der Waals surface area (Å²) in [4.78, 5) is 8.19. The molecule has 1 aliphatic rings. The number of fused-ring (bicyclic) bond motifs is 1. The fourth-order valence-corrected chi connectivity index (χ4v) is 4.53. The monoisotopic (exact) mass is 387 g/mol. The van der Waals surface area contributed by atoms with E-state index in [2.05, 4.69) is 9.97 Å². The third kappa shape index (κ3) is 3.33. The Kier molecular flexibility index (Phi) is 4.45. The summed E-state index contributed by atoms with van der Waals surface area (Å²) in [6, 6.07) is 11.9. The molecule has 8 heteroatoms. The summed E-state index contributed by atoms with van der Waals surface area (Å²) in [5.74, 6) is -1.21. The molecule has 1 aliphatic heterocycles. The molecule has 0 radical (unpaired) electrons. The van der Waals surface area contributed by atoms with Gasteiger partial charge in [-0.05, 0) is 18.2 Å². The Bertz CT molecular complexity index is 1110. The van der Waals surface area contributed by atoms with Gasteiger partial charge in [0.2, 0.25) is 10.0 Å². The summed E-state index contributed by atoms with van der Waals surface area (Å²) in [6.45, 7) is 0.152. The molecule has 0 fully saturated rings. The minimum Gasteiger partial charge on any atom is -0.236 e. The molecule has 1 aromatic heterocycles. The van der Waals surface area contributed by atoms with Gasteiger partial charge >= 0.3 is 0 Å². The van der Waals surface area contributed by atoms with Crippen molar-refractivity contribution in [3.05, 3.63) is 77.6 Å². The van der Waals surface area contributed by atoms with Crippen LogP contribution in [0.4, 0.5) is 8.78 Å². The Hall–Kier alpha value is -2.71. The Balaban J connectivity index is 1.64. The molecule has 3 aromatic rings. The molecule has 0 bridgehead atoms. The van der Waals surface area contributed by atoms with Crippen molar-refractivity contribution in [3.8, 4) is 11.4 Å². The topological polar surface area (TPSA) is 63.2 Å². The lowest BCUT2D eigenvalue weighted by atomic mass is 10.1. The maximum atomic E-state index is 14.0. The minimum atomic E-state index is -4.16. The molecule has 2 heterocycles. The first kappa shape index (κ1) is 17.7. The Morgan fingerprint density at radius 1 is 1.04 bits per heavy atom. The van der Waals surface area contributed by atoms with Crippen molar-refractivity contribution in [2.45, 2.75) is 17.9 Å². The highest BCUT2D eigenvalue weighted by molar-refractivity contribution is 7.89. The number of halogens is 2. The lowest BCUT2D eigenvalue weighted by Crippen LogP contribution is -2.37. The van der Waals surface area contributed by atoms with Crippen LogP contribution in [0.3, 0.4) is 0 Å². The van der Waals surface area contributed by atoms with E-state index in [0.717, 1.165) is 27.7 Å². The average molecular weight is 387 g/mol. The molecule has 2 aromatic carbocycles. The highest BCUT2D eigenvalue weighted by Gasteiger charge is 2.31. The Labute approximate surface area is 155 Å². The molecular formula is C19H15F2N3O2S. The van der Waals surface area contributed by atoms with Crippen LogP contribution in [0.2, 0.25) is 0 Å². The standard InChI is InChI=1S/C19H15F2N3O2S/c20-15-6-7-16(21)18(10-15)27(25,26)24-9-8-17-14(12-24)11-22-19(23-17)13-4-2-1-3-5-13/h1-7,10-11H,8-9,12H2. The number of benzene rings is 2. The molecule has 4 rings (SSSR count). The second-order valence-electron chi connectivity index (χ2n) is 6.19. The van der Waals surface area contributed by atoms with Gasteiger partial charge in [0.25, 0.3) is 0 Å². The van der Waals surface area contributed by atoms with Crippen LogP contribution in [0.1, 0.15) is 11.3 Å². The van der Waals surface area contributed by atoms with Gasteiger partial charge in [-0.25, -0.2) is 27.2 Å². The molecular weight excluding hydrogens is 372 g/mol. The molecule has 0 amide bonds. The number of rotatable bonds is 3. The van der Waals surface area contributed by atoms with Gasteiger partial charge in [0.1, 0.15) is 16.5 Å².